The largest absolute Gasteiger partial charge is 0.487 e. The Morgan fingerprint density at radius 1 is 1.08 bits per heavy atom. The molecule has 2 saturated heterocycles. The van der Waals surface area contributed by atoms with Gasteiger partial charge in [-0.15, -0.1) is 0 Å². The minimum atomic E-state index is -0.337. The van der Waals surface area contributed by atoms with Gasteiger partial charge < -0.3 is 18.8 Å². The number of para-hydroxylation sites is 1. The third-order valence-electron chi connectivity index (χ3n) is 7.52. The highest BCUT2D eigenvalue weighted by Gasteiger charge is 2.26. The molecule has 9 nitrogen and oxygen atoms in total. The number of hydrogen-bond acceptors (Lipinski definition) is 7. The third-order valence-corrected chi connectivity index (χ3v) is 7.52. The predicted molar refractivity (Wildman–Crippen MR) is 142 cm³/mol. The smallest absolute Gasteiger partial charge is 0.337 e. The Labute approximate surface area is 221 Å². The lowest BCUT2D eigenvalue weighted by molar-refractivity contribution is -0.0592. The molecule has 0 unspecified atom stereocenters. The molecule has 0 aliphatic carbocycles. The van der Waals surface area contributed by atoms with Crippen molar-refractivity contribution in [2.75, 3.05) is 26.8 Å². The number of ether oxygens (including phenoxy) is 3. The Morgan fingerprint density at radius 3 is 2.63 bits per heavy atom. The summed E-state index contributed by atoms with van der Waals surface area (Å²) in [5.41, 5.74) is 3.32. The normalized spacial score (nSPS) is 18.4. The van der Waals surface area contributed by atoms with E-state index in [1.807, 2.05) is 48.5 Å². The van der Waals surface area contributed by atoms with Crippen LogP contribution in [0.3, 0.4) is 0 Å². The second-order valence-corrected chi connectivity index (χ2v) is 10.0. The van der Waals surface area contributed by atoms with Crippen molar-refractivity contribution in [3.8, 4) is 5.75 Å². The van der Waals surface area contributed by atoms with Gasteiger partial charge in [0.15, 0.2) is 0 Å². The summed E-state index contributed by atoms with van der Waals surface area (Å²) in [6, 6.07) is 17.8. The third kappa shape index (κ3) is 5.30. The van der Waals surface area contributed by atoms with Crippen LogP contribution < -0.4 is 4.74 Å². The van der Waals surface area contributed by atoms with Crippen molar-refractivity contribution in [2.24, 2.45) is 0 Å². The number of benzene rings is 2. The Morgan fingerprint density at radius 2 is 1.89 bits per heavy atom. The molecule has 2 aromatic heterocycles. The van der Waals surface area contributed by atoms with E-state index in [-0.39, 0.29) is 12.1 Å². The molecular formula is C29H33N5O4. The van der Waals surface area contributed by atoms with Crippen LogP contribution in [0.25, 0.3) is 11.0 Å². The maximum absolute atomic E-state index is 12.1. The zero-order valence-electron chi connectivity index (χ0n) is 21.7. The van der Waals surface area contributed by atoms with Crippen LogP contribution in [0.4, 0.5) is 0 Å². The molecule has 0 radical (unpaired) electrons. The van der Waals surface area contributed by atoms with Gasteiger partial charge in [0.25, 0.3) is 0 Å². The highest BCUT2D eigenvalue weighted by Crippen LogP contribution is 2.27. The van der Waals surface area contributed by atoms with Gasteiger partial charge in [0, 0.05) is 25.9 Å². The van der Waals surface area contributed by atoms with Gasteiger partial charge in [0.2, 0.25) is 0 Å². The van der Waals surface area contributed by atoms with E-state index < -0.39 is 0 Å². The average Bonchev–Trinajstić information content (AvgIpc) is 3.54. The lowest BCUT2D eigenvalue weighted by Crippen LogP contribution is -2.36. The Hall–Kier alpha value is -3.69. The molecule has 1 atom stereocenters. The van der Waals surface area contributed by atoms with Gasteiger partial charge in [-0.3, -0.25) is 9.58 Å². The number of carbonyl (C=O) groups excluding carboxylic acids is 1. The molecule has 2 aliphatic heterocycles. The molecule has 38 heavy (non-hydrogen) atoms. The van der Waals surface area contributed by atoms with Crippen LogP contribution in [-0.4, -0.2) is 63.1 Å². The van der Waals surface area contributed by atoms with Crippen molar-refractivity contribution in [3.05, 3.63) is 77.9 Å². The average molecular weight is 516 g/mol. The van der Waals surface area contributed by atoms with Crippen LogP contribution in [0.2, 0.25) is 0 Å². The maximum atomic E-state index is 12.1. The molecule has 0 bridgehead atoms. The monoisotopic (exact) mass is 515 g/mol. The topological polar surface area (TPSA) is 83.6 Å². The van der Waals surface area contributed by atoms with Crippen LogP contribution in [0.5, 0.6) is 5.75 Å². The van der Waals surface area contributed by atoms with E-state index in [4.69, 9.17) is 24.3 Å². The second-order valence-electron chi connectivity index (χ2n) is 10.0. The SMILES string of the molecule is COC(=O)c1ccc2nc(CN3CCC(n4ccc(COc5ccccc5)n4)CC3)n(C[C@@H]3CCO3)c2c1. The Kier molecular flexibility index (Phi) is 7.11. The predicted octanol–water partition coefficient (Wildman–Crippen LogP) is 4.22. The fraction of sp³-hybridized carbons (Fsp3) is 0.414. The molecule has 2 fully saturated rings. The number of hydrogen-bond donors (Lipinski definition) is 0. The maximum Gasteiger partial charge on any atom is 0.337 e. The molecule has 6 rings (SSSR count). The van der Waals surface area contributed by atoms with E-state index in [2.05, 4.69) is 20.3 Å². The fourth-order valence-corrected chi connectivity index (χ4v) is 5.25. The Balaban J connectivity index is 1.10. The summed E-state index contributed by atoms with van der Waals surface area (Å²) in [5.74, 6) is 1.53. The molecule has 198 valence electrons. The minimum absolute atomic E-state index is 0.193. The molecule has 2 aliphatic rings. The summed E-state index contributed by atoms with van der Waals surface area (Å²) in [5, 5.41) is 4.78. The van der Waals surface area contributed by atoms with Gasteiger partial charge in [-0.05, 0) is 55.7 Å². The second kappa shape index (κ2) is 11.0. The van der Waals surface area contributed by atoms with Gasteiger partial charge in [-0.25, -0.2) is 9.78 Å². The molecule has 4 heterocycles. The summed E-state index contributed by atoms with van der Waals surface area (Å²) in [6.45, 7) is 4.72. The number of fused-ring (bicyclic) bond motifs is 1. The Bertz CT molecular complexity index is 1390. The van der Waals surface area contributed by atoms with E-state index in [1.165, 1.54) is 7.11 Å². The number of likely N-dealkylation sites (tertiary alicyclic amines) is 1. The molecule has 9 heteroatoms. The molecular weight excluding hydrogens is 482 g/mol. The van der Waals surface area contributed by atoms with Crippen LogP contribution in [0.15, 0.2) is 60.8 Å². The van der Waals surface area contributed by atoms with Gasteiger partial charge in [-0.2, -0.15) is 5.10 Å². The van der Waals surface area contributed by atoms with E-state index in [9.17, 15) is 4.79 Å². The molecule has 2 aromatic carbocycles. The first-order chi connectivity index (χ1) is 18.7. The van der Waals surface area contributed by atoms with Crippen molar-refractivity contribution in [1.82, 2.24) is 24.2 Å². The van der Waals surface area contributed by atoms with Crippen molar-refractivity contribution in [1.29, 1.82) is 0 Å². The van der Waals surface area contributed by atoms with Gasteiger partial charge >= 0.3 is 5.97 Å². The lowest BCUT2D eigenvalue weighted by Gasteiger charge is -2.32. The number of imidazole rings is 1. The van der Waals surface area contributed by atoms with E-state index in [0.717, 1.165) is 80.3 Å². The van der Waals surface area contributed by atoms with Gasteiger partial charge in [-0.1, -0.05) is 18.2 Å². The quantitative estimate of drug-likeness (QED) is 0.309. The summed E-state index contributed by atoms with van der Waals surface area (Å²) in [7, 11) is 1.41. The first kappa shape index (κ1) is 24.6. The molecule has 0 saturated carbocycles. The summed E-state index contributed by atoms with van der Waals surface area (Å²) in [4.78, 5) is 19.5. The molecule has 0 N–H and O–H groups in total. The number of aromatic nitrogens is 4. The number of esters is 1. The first-order valence-electron chi connectivity index (χ1n) is 13.3. The van der Waals surface area contributed by atoms with Crippen molar-refractivity contribution in [3.63, 3.8) is 0 Å². The van der Waals surface area contributed by atoms with E-state index in [0.29, 0.717) is 18.2 Å². The zero-order chi connectivity index (χ0) is 25.9. The van der Waals surface area contributed by atoms with Crippen molar-refractivity contribution in [2.45, 2.75) is 51.1 Å². The van der Waals surface area contributed by atoms with Gasteiger partial charge in [0.1, 0.15) is 18.2 Å². The van der Waals surface area contributed by atoms with Crippen LogP contribution in [0.1, 0.15) is 47.2 Å². The minimum Gasteiger partial charge on any atom is -0.487 e. The lowest BCUT2D eigenvalue weighted by atomic mass is 10.1. The number of piperidine rings is 1. The summed E-state index contributed by atoms with van der Waals surface area (Å²) < 4.78 is 20.8. The number of carbonyl (C=O) groups is 1. The van der Waals surface area contributed by atoms with Crippen molar-refractivity contribution < 1.29 is 19.0 Å². The zero-order valence-corrected chi connectivity index (χ0v) is 21.7. The highest BCUT2D eigenvalue weighted by atomic mass is 16.5. The molecule has 0 spiro atoms. The number of rotatable bonds is 9. The highest BCUT2D eigenvalue weighted by molar-refractivity contribution is 5.93. The summed E-state index contributed by atoms with van der Waals surface area (Å²) >= 11 is 0. The van der Waals surface area contributed by atoms with E-state index in [1.54, 1.807) is 6.07 Å². The number of methoxy groups -OCH3 is 1. The molecule has 0 amide bonds. The van der Waals surface area contributed by atoms with Crippen molar-refractivity contribution >= 4 is 17.0 Å². The van der Waals surface area contributed by atoms with Gasteiger partial charge in [0.05, 0.1) is 54.6 Å². The van der Waals surface area contributed by atoms with E-state index >= 15 is 0 Å². The first-order valence-corrected chi connectivity index (χ1v) is 13.3. The van der Waals surface area contributed by atoms with Crippen LogP contribution in [0, 0.1) is 0 Å². The summed E-state index contributed by atoms with van der Waals surface area (Å²) in [6.07, 6.45) is 5.36. The van der Waals surface area contributed by atoms with Crippen LogP contribution >= 0.6 is 0 Å². The van der Waals surface area contributed by atoms with Crippen LogP contribution in [-0.2, 0) is 29.2 Å². The fourth-order valence-electron chi connectivity index (χ4n) is 5.25. The standard InChI is InChI=1S/C29H33N5O4/c1-36-29(35)21-7-8-26-27(17-21)33(18-25-12-16-37-25)28(30-26)19-32-13-10-23(11-14-32)34-15-9-22(31-34)20-38-24-5-3-2-4-6-24/h2-9,15,17,23,25H,10-14,16,18-20H2,1H3/t25-/m0/s1. The number of nitrogens with zero attached hydrogens (tertiary/aromatic N) is 5. The molecule has 4 aromatic rings.